The van der Waals surface area contributed by atoms with Crippen molar-refractivity contribution >= 4 is 34.7 Å². The number of nitrogens with zero attached hydrogens (tertiary/aromatic N) is 1. The molecule has 1 heterocycles. The molecule has 2 aliphatic rings. The molecule has 2 aromatic carbocycles. The van der Waals surface area contributed by atoms with Gasteiger partial charge in [-0.05, 0) is 42.5 Å². The van der Waals surface area contributed by atoms with Crippen LogP contribution < -0.4 is 5.32 Å². The van der Waals surface area contributed by atoms with Crippen LogP contribution in [-0.4, -0.2) is 5.84 Å². The van der Waals surface area contributed by atoms with Gasteiger partial charge in [0.25, 0.3) is 0 Å². The number of halogens is 2. The number of hydrogen-bond donors (Lipinski definition) is 1. The van der Waals surface area contributed by atoms with Crippen molar-refractivity contribution in [3.05, 3.63) is 63.6 Å². The Kier molecular flexibility index (Phi) is 5.75. The Morgan fingerprint density at radius 3 is 2.30 bits per heavy atom. The standard InChI is InChI=1S/C23H26Cl2N2/c24-19-13-18-15-23(11-7-2-1-3-8-12-23)22(27-21(18)14-20(19)25)26-16-17-9-5-4-6-10-17/h4-6,9-10,13-14H,1-3,7-8,11-12,15-16H2,(H,26,27). The van der Waals surface area contributed by atoms with Crippen LogP contribution in [0.3, 0.4) is 0 Å². The predicted octanol–water partition coefficient (Wildman–Crippen LogP) is 7.29. The number of hydrogen-bond acceptors (Lipinski definition) is 1. The zero-order chi connectivity index (χ0) is 18.7. The number of fused-ring (bicyclic) bond motifs is 1. The lowest BCUT2D eigenvalue weighted by molar-refractivity contribution is 0.299. The molecule has 0 bridgehead atoms. The fourth-order valence-corrected chi connectivity index (χ4v) is 4.87. The van der Waals surface area contributed by atoms with E-state index in [4.69, 9.17) is 28.2 Å². The van der Waals surface area contributed by atoms with Gasteiger partial charge in [0, 0.05) is 11.1 Å². The molecule has 0 atom stereocenters. The average molecular weight is 401 g/mol. The summed E-state index contributed by atoms with van der Waals surface area (Å²) >= 11 is 12.6. The fraction of sp³-hybridized carbons (Fsp3) is 0.435. The summed E-state index contributed by atoms with van der Waals surface area (Å²) in [5, 5.41) is 4.89. The monoisotopic (exact) mass is 400 g/mol. The van der Waals surface area contributed by atoms with Gasteiger partial charge in [0.15, 0.2) is 0 Å². The van der Waals surface area contributed by atoms with Crippen molar-refractivity contribution in [3.63, 3.8) is 0 Å². The Morgan fingerprint density at radius 2 is 1.56 bits per heavy atom. The minimum absolute atomic E-state index is 0.0966. The van der Waals surface area contributed by atoms with Gasteiger partial charge in [0.1, 0.15) is 5.84 Å². The Balaban J connectivity index is 1.71. The lowest BCUT2D eigenvalue weighted by atomic mass is 9.69. The maximum atomic E-state index is 6.32. The lowest BCUT2D eigenvalue weighted by Crippen LogP contribution is -2.42. The smallest absolute Gasteiger partial charge is 0.108 e. The van der Waals surface area contributed by atoms with Gasteiger partial charge in [-0.3, -0.25) is 4.99 Å². The van der Waals surface area contributed by atoms with Crippen molar-refractivity contribution in [2.75, 3.05) is 5.32 Å². The summed E-state index contributed by atoms with van der Waals surface area (Å²) in [7, 11) is 0. The second kappa shape index (κ2) is 8.24. The van der Waals surface area contributed by atoms with Crippen molar-refractivity contribution in [1.29, 1.82) is 0 Å². The molecule has 27 heavy (non-hydrogen) atoms. The van der Waals surface area contributed by atoms with Gasteiger partial charge < -0.3 is 5.32 Å². The summed E-state index contributed by atoms with van der Waals surface area (Å²) < 4.78 is 0. The van der Waals surface area contributed by atoms with Crippen LogP contribution in [0.2, 0.25) is 10.0 Å². The summed E-state index contributed by atoms with van der Waals surface area (Å²) in [6.45, 7) is 0.710. The van der Waals surface area contributed by atoms with Crippen LogP contribution in [0.5, 0.6) is 0 Å². The Bertz CT molecular complexity index is 822. The molecule has 142 valence electrons. The third-order valence-corrected chi connectivity index (χ3v) is 6.73. The molecule has 1 aliphatic heterocycles. The van der Waals surface area contributed by atoms with Gasteiger partial charge in [0.05, 0.1) is 16.6 Å². The molecular weight excluding hydrogens is 375 g/mol. The van der Waals surface area contributed by atoms with Crippen LogP contribution in [0.1, 0.15) is 56.1 Å². The maximum Gasteiger partial charge on any atom is 0.108 e. The first kappa shape index (κ1) is 18.8. The summed E-state index contributed by atoms with van der Waals surface area (Å²) in [4.78, 5) is 5.08. The van der Waals surface area contributed by atoms with E-state index in [1.54, 1.807) is 0 Å². The summed E-state index contributed by atoms with van der Waals surface area (Å²) in [6, 6.07) is 14.5. The normalized spacial score (nSPS) is 20.6. The van der Waals surface area contributed by atoms with Gasteiger partial charge in [-0.25, -0.2) is 0 Å². The van der Waals surface area contributed by atoms with Crippen molar-refractivity contribution in [3.8, 4) is 0 Å². The van der Waals surface area contributed by atoms with E-state index >= 15 is 0 Å². The van der Waals surface area contributed by atoms with E-state index in [1.165, 1.54) is 56.1 Å². The second-order valence-corrected chi connectivity index (χ2v) is 8.74. The maximum absolute atomic E-state index is 6.32. The fourth-order valence-electron chi connectivity index (χ4n) is 4.52. The van der Waals surface area contributed by atoms with E-state index in [1.807, 2.05) is 18.2 Å². The molecular formula is C23H26Cl2N2. The molecule has 4 rings (SSSR count). The van der Waals surface area contributed by atoms with Crippen LogP contribution in [0, 0.1) is 5.41 Å². The molecule has 1 saturated carbocycles. The first-order valence-corrected chi connectivity index (χ1v) is 10.8. The van der Waals surface area contributed by atoms with Gasteiger partial charge >= 0.3 is 0 Å². The molecule has 2 aromatic rings. The number of aliphatic imine (C=N–C) groups is 1. The molecule has 1 N–H and O–H groups in total. The Hall–Kier alpha value is -1.51. The van der Waals surface area contributed by atoms with Gasteiger partial charge in [-0.2, -0.15) is 0 Å². The van der Waals surface area contributed by atoms with Crippen LogP contribution in [-0.2, 0) is 13.0 Å². The van der Waals surface area contributed by atoms with E-state index in [2.05, 4.69) is 29.6 Å². The van der Waals surface area contributed by atoms with E-state index in [0.29, 0.717) is 16.6 Å². The topological polar surface area (TPSA) is 24.4 Å². The van der Waals surface area contributed by atoms with Gasteiger partial charge in [-0.1, -0.05) is 85.6 Å². The zero-order valence-corrected chi connectivity index (χ0v) is 17.1. The largest absolute Gasteiger partial charge is 0.343 e. The van der Waals surface area contributed by atoms with Crippen LogP contribution >= 0.6 is 23.2 Å². The molecule has 0 radical (unpaired) electrons. The van der Waals surface area contributed by atoms with E-state index < -0.39 is 0 Å². The Morgan fingerprint density at radius 1 is 0.889 bits per heavy atom. The van der Waals surface area contributed by atoms with Crippen LogP contribution in [0.25, 0.3) is 0 Å². The third-order valence-electron chi connectivity index (χ3n) is 6.00. The van der Waals surface area contributed by atoms with Crippen LogP contribution in [0.4, 0.5) is 5.69 Å². The molecule has 1 spiro atoms. The van der Waals surface area contributed by atoms with Crippen molar-refractivity contribution in [1.82, 2.24) is 0 Å². The molecule has 0 amide bonds. The molecule has 2 nitrogen and oxygen atoms in total. The number of benzene rings is 2. The lowest BCUT2D eigenvalue weighted by Gasteiger charge is -2.41. The third kappa shape index (κ3) is 4.17. The number of nitrogens with one attached hydrogen (secondary N) is 1. The van der Waals surface area contributed by atoms with Crippen molar-refractivity contribution in [2.24, 2.45) is 10.4 Å². The SMILES string of the molecule is Clc1cc2c(cc1Cl)NC(=NCc1ccccc1)C1(CCCCCCC1)C2. The van der Waals surface area contributed by atoms with Crippen molar-refractivity contribution < 1.29 is 0 Å². The minimum Gasteiger partial charge on any atom is -0.343 e. The summed E-state index contributed by atoms with van der Waals surface area (Å²) in [6.07, 6.45) is 9.91. The summed E-state index contributed by atoms with van der Waals surface area (Å²) in [5.74, 6) is 1.14. The zero-order valence-electron chi connectivity index (χ0n) is 15.6. The molecule has 1 fully saturated rings. The molecule has 1 aliphatic carbocycles. The molecule has 4 heteroatoms. The predicted molar refractivity (Wildman–Crippen MR) is 116 cm³/mol. The number of amidine groups is 1. The van der Waals surface area contributed by atoms with Gasteiger partial charge in [0.2, 0.25) is 0 Å². The highest BCUT2D eigenvalue weighted by Gasteiger charge is 2.40. The van der Waals surface area contributed by atoms with Gasteiger partial charge in [-0.15, -0.1) is 0 Å². The first-order valence-electron chi connectivity index (χ1n) is 10.0. The van der Waals surface area contributed by atoms with Crippen molar-refractivity contribution in [2.45, 2.75) is 57.9 Å². The molecule has 0 unspecified atom stereocenters. The number of rotatable bonds is 2. The van der Waals surface area contributed by atoms with E-state index in [0.717, 1.165) is 17.9 Å². The molecule has 0 aromatic heterocycles. The number of anilines is 1. The van der Waals surface area contributed by atoms with E-state index in [9.17, 15) is 0 Å². The highest BCUT2D eigenvalue weighted by molar-refractivity contribution is 6.42. The quantitative estimate of drug-likeness (QED) is 0.561. The average Bonchev–Trinajstić information content (AvgIpc) is 2.65. The summed E-state index contributed by atoms with van der Waals surface area (Å²) in [5.41, 5.74) is 3.67. The Labute approximate surface area is 172 Å². The van der Waals surface area contributed by atoms with E-state index in [-0.39, 0.29) is 5.41 Å². The second-order valence-electron chi connectivity index (χ2n) is 7.92. The highest BCUT2D eigenvalue weighted by atomic mass is 35.5. The minimum atomic E-state index is 0.0966. The first-order chi connectivity index (χ1) is 13.2. The molecule has 0 saturated heterocycles. The van der Waals surface area contributed by atoms with Crippen LogP contribution in [0.15, 0.2) is 47.5 Å². The highest BCUT2D eigenvalue weighted by Crippen LogP contribution is 2.45.